The van der Waals surface area contributed by atoms with Crippen molar-refractivity contribution in [2.24, 2.45) is 5.41 Å². The van der Waals surface area contributed by atoms with Crippen LogP contribution >= 0.6 is 0 Å². The maximum absolute atomic E-state index is 11.9. The highest BCUT2D eigenvalue weighted by atomic mass is 16.3. The summed E-state index contributed by atoms with van der Waals surface area (Å²) in [5.41, 5.74) is 0.568. The van der Waals surface area contributed by atoms with Gasteiger partial charge in [0.2, 0.25) is 5.91 Å². The molecular formula is C14H16N2O2. The Morgan fingerprint density at radius 3 is 2.61 bits per heavy atom. The van der Waals surface area contributed by atoms with Crippen molar-refractivity contribution >= 4 is 5.91 Å². The highest BCUT2D eigenvalue weighted by Gasteiger charge is 2.42. The second-order valence-electron chi connectivity index (χ2n) is 4.85. The van der Waals surface area contributed by atoms with Crippen molar-refractivity contribution < 1.29 is 9.90 Å². The summed E-state index contributed by atoms with van der Waals surface area (Å²) >= 11 is 0. The van der Waals surface area contributed by atoms with Gasteiger partial charge in [-0.2, -0.15) is 5.26 Å². The van der Waals surface area contributed by atoms with E-state index in [0.717, 1.165) is 12.8 Å². The van der Waals surface area contributed by atoms with Gasteiger partial charge in [0.25, 0.3) is 0 Å². The van der Waals surface area contributed by atoms with Crippen molar-refractivity contribution in [1.29, 1.82) is 5.26 Å². The van der Waals surface area contributed by atoms with Crippen LogP contribution in [0.25, 0.3) is 0 Å². The first-order chi connectivity index (χ1) is 8.71. The van der Waals surface area contributed by atoms with Crippen LogP contribution in [0.15, 0.2) is 30.3 Å². The first kappa shape index (κ1) is 12.6. The smallest absolute Gasteiger partial charge is 0.241 e. The maximum atomic E-state index is 11.9. The SMILES string of the molecule is N#CC(C(=O)NCC1(CO)CC1)c1ccccc1. The van der Waals surface area contributed by atoms with Crippen LogP contribution in [0.4, 0.5) is 0 Å². The number of hydrogen-bond acceptors (Lipinski definition) is 3. The molecule has 0 aliphatic heterocycles. The number of rotatable bonds is 5. The van der Waals surface area contributed by atoms with Gasteiger partial charge in [-0.05, 0) is 18.4 Å². The van der Waals surface area contributed by atoms with E-state index in [9.17, 15) is 4.79 Å². The standard InChI is InChI=1S/C14H16N2O2/c15-8-12(11-4-2-1-3-5-11)13(18)16-9-14(10-17)6-7-14/h1-5,12,17H,6-7,9-10H2,(H,16,18). The fourth-order valence-corrected chi connectivity index (χ4v) is 1.87. The molecule has 0 radical (unpaired) electrons. The quantitative estimate of drug-likeness (QED) is 0.817. The molecule has 94 valence electrons. The van der Waals surface area contributed by atoms with Crippen molar-refractivity contribution in [2.45, 2.75) is 18.8 Å². The molecule has 1 unspecified atom stereocenters. The molecule has 1 atom stereocenters. The molecule has 18 heavy (non-hydrogen) atoms. The second kappa shape index (κ2) is 5.19. The first-order valence-electron chi connectivity index (χ1n) is 6.04. The largest absolute Gasteiger partial charge is 0.396 e. The molecule has 1 aromatic rings. The molecule has 4 nitrogen and oxygen atoms in total. The number of hydrogen-bond donors (Lipinski definition) is 2. The van der Waals surface area contributed by atoms with Crippen LogP contribution in [0.2, 0.25) is 0 Å². The Kier molecular flexibility index (Phi) is 3.63. The van der Waals surface area contributed by atoms with Crippen LogP contribution in [-0.2, 0) is 4.79 Å². The van der Waals surface area contributed by atoms with Crippen molar-refractivity contribution in [3.63, 3.8) is 0 Å². The molecule has 0 saturated heterocycles. The van der Waals surface area contributed by atoms with Crippen molar-refractivity contribution in [2.75, 3.05) is 13.2 Å². The summed E-state index contributed by atoms with van der Waals surface area (Å²) in [7, 11) is 0. The van der Waals surface area contributed by atoms with Crippen LogP contribution < -0.4 is 5.32 Å². The third-order valence-corrected chi connectivity index (χ3v) is 3.45. The van der Waals surface area contributed by atoms with E-state index in [2.05, 4.69) is 5.32 Å². The van der Waals surface area contributed by atoms with Gasteiger partial charge in [-0.1, -0.05) is 30.3 Å². The predicted octanol–water partition coefficient (Wildman–Crippen LogP) is 1.18. The molecule has 1 aromatic carbocycles. The maximum Gasteiger partial charge on any atom is 0.241 e. The minimum atomic E-state index is -0.777. The van der Waals surface area contributed by atoms with Crippen LogP contribution in [0, 0.1) is 16.7 Å². The average Bonchev–Trinajstić information content (AvgIpc) is 3.19. The van der Waals surface area contributed by atoms with E-state index in [-0.39, 0.29) is 17.9 Å². The average molecular weight is 244 g/mol. The number of aliphatic hydroxyl groups excluding tert-OH is 1. The lowest BCUT2D eigenvalue weighted by atomic mass is 9.99. The van der Waals surface area contributed by atoms with Crippen molar-refractivity contribution in [1.82, 2.24) is 5.32 Å². The molecule has 0 bridgehead atoms. The number of benzene rings is 1. The number of carbonyl (C=O) groups is 1. The summed E-state index contributed by atoms with van der Waals surface area (Å²) < 4.78 is 0. The Hall–Kier alpha value is -1.86. The van der Waals surface area contributed by atoms with Gasteiger partial charge in [0, 0.05) is 12.0 Å². The molecule has 0 spiro atoms. The van der Waals surface area contributed by atoms with E-state index in [1.165, 1.54) is 0 Å². The molecule has 1 aliphatic rings. The van der Waals surface area contributed by atoms with Gasteiger partial charge in [0.15, 0.2) is 0 Å². The van der Waals surface area contributed by atoms with Crippen LogP contribution in [0.1, 0.15) is 24.3 Å². The minimum absolute atomic E-state index is 0.0931. The molecule has 1 aliphatic carbocycles. The first-order valence-corrected chi connectivity index (χ1v) is 6.04. The molecule has 1 saturated carbocycles. The molecule has 0 aromatic heterocycles. The van der Waals surface area contributed by atoms with E-state index < -0.39 is 5.92 Å². The van der Waals surface area contributed by atoms with Gasteiger partial charge in [0.05, 0.1) is 12.7 Å². The minimum Gasteiger partial charge on any atom is -0.396 e. The van der Waals surface area contributed by atoms with E-state index >= 15 is 0 Å². The number of carbonyl (C=O) groups excluding carboxylic acids is 1. The molecule has 1 fully saturated rings. The lowest BCUT2D eigenvalue weighted by molar-refractivity contribution is -0.121. The van der Waals surface area contributed by atoms with Gasteiger partial charge < -0.3 is 10.4 Å². The van der Waals surface area contributed by atoms with E-state index in [1.54, 1.807) is 12.1 Å². The van der Waals surface area contributed by atoms with Crippen molar-refractivity contribution in [3.8, 4) is 6.07 Å². The zero-order chi connectivity index (χ0) is 13.0. The number of nitrogens with one attached hydrogen (secondary N) is 1. The molecule has 2 N–H and O–H groups in total. The lowest BCUT2D eigenvalue weighted by Gasteiger charge is -2.15. The van der Waals surface area contributed by atoms with E-state index in [1.807, 2.05) is 24.3 Å². The van der Waals surface area contributed by atoms with Gasteiger partial charge in [-0.3, -0.25) is 4.79 Å². The van der Waals surface area contributed by atoms with Crippen molar-refractivity contribution in [3.05, 3.63) is 35.9 Å². The topological polar surface area (TPSA) is 73.1 Å². The van der Waals surface area contributed by atoms with Gasteiger partial charge in [-0.25, -0.2) is 0 Å². The fourth-order valence-electron chi connectivity index (χ4n) is 1.87. The van der Waals surface area contributed by atoms with Gasteiger partial charge >= 0.3 is 0 Å². The third kappa shape index (κ3) is 2.69. The molecular weight excluding hydrogens is 228 g/mol. The predicted molar refractivity (Wildman–Crippen MR) is 66.6 cm³/mol. The molecule has 1 amide bonds. The second-order valence-corrected chi connectivity index (χ2v) is 4.85. The summed E-state index contributed by atoms with van der Waals surface area (Å²) in [6.07, 6.45) is 1.87. The number of nitrogens with zero attached hydrogens (tertiary/aromatic N) is 1. The number of aliphatic hydroxyl groups is 1. The highest BCUT2D eigenvalue weighted by molar-refractivity contribution is 5.86. The van der Waals surface area contributed by atoms with Crippen LogP contribution in [0.5, 0.6) is 0 Å². The van der Waals surface area contributed by atoms with Gasteiger partial charge in [0.1, 0.15) is 5.92 Å². The summed E-state index contributed by atoms with van der Waals surface area (Å²) in [6.45, 7) is 0.545. The highest BCUT2D eigenvalue weighted by Crippen LogP contribution is 2.44. The van der Waals surface area contributed by atoms with E-state index in [4.69, 9.17) is 10.4 Å². The summed E-state index contributed by atoms with van der Waals surface area (Å²) in [6, 6.07) is 11.0. The van der Waals surface area contributed by atoms with E-state index in [0.29, 0.717) is 12.1 Å². The number of nitriles is 1. The Balaban J connectivity index is 1.97. The zero-order valence-electron chi connectivity index (χ0n) is 10.1. The Morgan fingerprint density at radius 1 is 1.44 bits per heavy atom. The third-order valence-electron chi connectivity index (χ3n) is 3.45. The number of amides is 1. The normalized spacial score (nSPS) is 17.6. The fraction of sp³-hybridized carbons (Fsp3) is 0.429. The molecule has 4 heteroatoms. The lowest BCUT2D eigenvalue weighted by Crippen LogP contribution is -2.35. The monoisotopic (exact) mass is 244 g/mol. The zero-order valence-corrected chi connectivity index (χ0v) is 10.1. The molecule has 2 rings (SSSR count). The van der Waals surface area contributed by atoms with Crippen LogP contribution in [-0.4, -0.2) is 24.2 Å². The summed E-state index contributed by atoms with van der Waals surface area (Å²) in [4.78, 5) is 11.9. The Morgan fingerprint density at radius 2 is 2.11 bits per heavy atom. The molecule has 0 heterocycles. The van der Waals surface area contributed by atoms with Gasteiger partial charge in [-0.15, -0.1) is 0 Å². The Labute approximate surface area is 106 Å². The van der Waals surface area contributed by atoms with Crippen LogP contribution in [0.3, 0.4) is 0 Å². The summed E-state index contributed by atoms with van der Waals surface area (Å²) in [5.74, 6) is -1.07. The Bertz CT molecular complexity index is 460. The summed E-state index contributed by atoms with van der Waals surface area (Å²) in [5, 5.41) is 21.0.